The Morgan fingerprint density at radius 3 is 2.80 bits per heavy atom. The first-order chi connectivity index (χ1) is 9.63. The molecule has 4 nitrogen and oxygen atoms in total. The molecule has 1 N–H and O–H groups in total. The van der Waals surface area contributed by atoms with Crippen molar-refractivity contribution in [2.24, 2.45) is 5.92 Å². The maximum Gasteiger partial charge on any atom is 0.335 e. The molecule has 0 bridgehead atoms. The summed E-state index contributed by atoms with van der Waals surface area (Å²) in [7, 11) is 1.53. The Balaban J connectivity index is 2.10. The summed E-state index contributed by atoms with van der Waals surface area (Å²) in [5, 5.41) is 8.99. The summed E-state index contributed by atoms with van der Waals surface area (Å²) in [4.78, 5) is 11.0. The van der Waals surface area contributed by atoms with Crippen molar-refractivity contribution in [1.29, 1.82) is 0 Å². The normalized spacial score (nSPS) is 22.3. The van der Waals surface area contributed by atoms with Gasteiger partial charge in [0.1, 0.15) is 0 Å². The van der Waals surface area contributed by atoms with Crippen molar-refractivity contribution in [3.05, 3.63) is 23.8 Å². The number of rotatable bonds is 5. The van der Waals surface area contributed by atoms with Gasteiger partial charge in [-0.15, -0.1) is 0 Å². The summed E-state index contributed by atoms with van der Waals surface area (Å²) in [6, 6.07) is 4.76. The van der Waals surface area contributed by atoms with E-state index in [0.717, 1.165) is 18.8 Å². The predicted molar refractivity (Wildman–Crippen MR) is 76.6 cm³/mol. The van der Waals surface area contributed by atoms with Gasteiger partial charge in [-0.2, -0.15) is 0 Å². The second-order valence-corrected chi connectivity index (χ2v) is 5.35. The molecule has 0 aliphatic heterocycles. The largest absolute Gasteiger partial charge is 0.493 e. The lowest BCUT2D eigenvalue weighted by Crippen LogP contribution is -2.25. The SMILES string of the molecule is CCC1CCCC(Oc2ccc(C(=O)O)cc2OC)C1. The van der Waals surface area contributed by atoms with Crippen LogP contribution in [-0.4, -0.2) is 24.3 Å². The van der Waals surface area contributed by atoms with Crippen LogP contribution in [0.1, 0.15) is 49.4 Å². The minimum absolute atomic E-state index is 0.207. The van der Waals surface area contributed by atoms with Crippen molar-refractivity contribution in [3.63, 3.8) is 0 Å². The van der Waals surface area contributed by atoms with Gasteiger partial charge in [0.15, 0.2) is 11.5 Å². The van der Waals surface area contributed by atoms with E-state index in [4.69, 9.17) is 14.6 Å². The van der Waals surface area contributed by atoms with Crippen LogP contribution >= 0.6 is 0 Å². The van der Waals surface area contributed by atoms with Gasteiger partial charge in [-0.3, -0.25) is 0 Å². The maximum absolute atomic E-state index is 11.0. The van der Waals surface area contributed by atoms with Gasteiger partial charge in [-0.1, -0.05) is 19.8 Å². The Labute approximate surface area is 119 Å². The second kappa shape index (κ2) is 6.64. The summed E-state index contributed by atoms with van der Waals surface area (Å²) in [5.74, 6) is 0.902. The number of hydrogen-bond donors (Lipinski definition) is 1. The van der Waals surface area contributed by atoms with Crippen LogP contribution < -0.4 is 9.47 Å². The van der Waals surface area contributed by atoms with Crippen LogP contribution in [0.25, 0.3) is 0 Å². The number of aromatic carboxylic acids is 1. The fraction of sp³-hybridized carbons (Fsp3) is 0.562. The monoisotopic (exact) mass is 278 g/mol. The molecule has 20 heavy (non-hydrogen) atoms. The summed E-state index contributed by atoms with van der Waals surface area (Å²) in [6.45, 7) is 2.22. The van der Waals surface area contributed by atoms with Crippen molar-refractivity contribution in [1.82, 2.24) is 0 Å². The van der Waals surface area contributed by atoms with E-state index >= 15 is 0 Å². The predicted octanol–water partition coefficient (Wildman–Crippen LogP) is 3.74. The lowest BCUT2D eigenvalue weighted by atomic mass is 9.85. The zero-order valence-electron chi connectivity index (χ0n) is 12.1. The fourth-order valence-corrected chi connectivity index (χ4v) is 2.80. The minimum atomic E-state index is -0.960. The molecule has 0 saturated heterocycles. The molecule has 1 fully saturated rings. The molecular weight excluding hydrogens is 256 g/mol. The molecule has 1 aliphatic carbocycles. The fourth-order valence-electron chi connectivity index (χ4n) is 2.80. The van der Waals surface area contributed by atoms with Crippen molar-refractivity contribution in [2.75, 3.05) is 7.11 Å². The molecule has 0 spiro atoms. The number of carboxylic acids is 1. The Kier molecular flexibility index (Phi) is 4.88. The molecule has 2 atom stereocenters. The first-order valence-electron chi connectivity index (χ1n) is 7.22. The van der Waals surface area contributed by atoms with E-state index < -0.39 is 5.97 Å². The smallest absolute Gasteiger partial charge is 0.335 e. The van der Waals surface area contributed by atoms with Gasteiger partial charge in [0, 0.05) is 0 Å². The molecule has 2 rings (SSSR count). The van der Waals surface area contributed by atoms with Gasteiger partial charge in [0.25, 0.3) is 0 Å². The van der Waals surface area contributed by atoms with E-state index in [-0.39, 0.29) is 11.7 Å². The quantitative estimate of drug-likeness (QED) is 0.891. The highest BCUT2D eigenvalue weighted by Gasteiger charge is 2.23. The molecule has 1 aromatic carbocycles. The van der Waals surface area contributed by atoms with Crippen LogP contribution in [-0.2, 0) is 0 Å². The molecule has 1 aliphatic rings. The molecule has 0 amide bonds. The second-order valence-electron chi connectivity index (χ2n) is 5.35. The highest BCUT2D eigenvalue weighted by Crippen LogP contribution is 2.34. The first-order valence-corrected chi connectivity index (χ1v) is 7.22. The zero-order valence-corrected chi connectivity index (χ0v) is 12.1. The Hall–Kier alpha value is -1.71. The van der Waals surface area contributed by atoms with Gasteiger partial charge < -0.3 is 14.6 Å². The third-order valence-corrected chi connectivity index (χ3v) is 4.02. The van der Waals surface area contributed by atoms with Gasteiger partial charge in [-0.05, 0) is 43.4 Å². The maximum atomic E-state index is 11.0. The number of methoxy groups -OCH3 is 1. The lowest BCUT2D eigenvalue weighted by Gasteiger charge is -2.29. The first kappa shape index (κ1) is 14.7. The van der Waals surface area contributed by atoms with E-state index in [2.05, 4.69) is 6.92 Å². The van der Waals surface area contributed by atoms with Gasteiger partial charge in [-0.25, -0.2) is 4.79 Å². The average Bonchev–Trinajstić information content (AvgIpc) is 2.47. The molecule has 1 aromatic rings. The Morgan fingerprint density at radius 2 is 2.15 bits per heavy atom. The number of hydrogen-bond acceptors (Lipinski definition) is 3. The van der Waals surface area contributed by atoms with Crippen molar-refractivity contribution < 1.29 is 19.4 Å². The number of benzene rings is 1. The molecule has 2 unspecified atom stereocenters. The van der Waals surface area contributed by atoms with E-state index in [1.54, 1.807) is 12.1 Å². The molecule has 0 aromatic heterocycles. The topological polar surface area (TPSA) is 55.8 Å². The summed E-state index contributed by atoms with van der Waals surface area (Å²) >= 11 is 0. The van der Waals surface area contributed by atoms with E-state index in [0.29, 0.717) is 11.5 Å². The lowest BCUT2D eigenvalue weighted by molar-refractivity contribution is 0.0696. The number of ether oxygens (including phenoxy) is 2. The van der Waals surface area contributed by atoms with Gasteiger partial charge in [0.05, 0.1) is 18.8 Å². The number of carbonyl (C=O) groups is 1. The standard InChI is InChI=1S/C16H22O4/c1-3-11-5-4-6-13(9-11)20-14-8-7-12(16(17)18)10-15(14)19-2/h7-8,10-11,13H,3-6,9H2,1-2H3,(H,17,18). The summed E-state index contributed by atoms with van der Waals surface area (Å²) < 4.78 is 11.3. The molecule has 4 heteroatoms. The molecule has 0 heterocycles. The number of carboxylic acid groups (broad SMARTS) is 1. The van der Waals surface area contributed by atoms with E-state index in [9.17, 15) is 4.79 Å². The van der Waals surface area contributed by atoms with Gasteiger partial charge >= 0.3 is 5.97 Å². The summed E-state index contributed by atoms with van der Waals surface area (Å²) in [5.41, 5.74) is 0.212. The highest BCUT2D eigenvalue weighted by molar-refractivity contribution is 5.88. The highest BCUT2D eigenvalue weighted by atomic mass is 16.5. The van der Waals surface area contributed by atoms with Gasteiger partial charge in [0.2, 0.25) is 0 Å². The van der Waals surface area contributed by atoms with Crippen LogP contribution in [0, 0.1) is 5.92 Å². The third-order valence-electron chi connectivity index (χ3n) is 4.02. The molecular formula is C16H22O4. The average molecular weight is 278 g/mol. The van der Waals surface area contributed by atoms with Crippen molar-refractivity contribution in [3.8, 4) is 11.5 Å². The minimum Gasteiger partial charge on any atom is -0.493 e. The molecule has 110 valence electrons. The van der Waals surface area contributed by atoms with Crippen molar-refractivity contribution >= 4 is 5.97 Å². The van der Waals surface area contributed by atoms with Crippen LogP contribution in [0.3, 0.4) is 0 Å². The van der Waals surface area contributed by atoms with Crippen LogP contribution in [0.15, 0.2) is 18.2 Å². The third kappa shape index (κ3) is 3.44. The zero-order chi connectivity index (χ0) is 14.5. The Bertz CT molecular complexity index is 470. The van der Waals surface area contributed by atoms with E-state index in [1.165, 1.54) is 32.4 Å². The van der Waals surface area contributed by atoms with Crippen molar-refractivity contribution in [2.45, 2.75) is 45.1 Å². The van der Waals surface area contributed by atoms with Crippen LogP contribution in [0.5, 0.6) is 11.5 Å². The van der Waals surface area contributed by atoms with Crippen LogP contribution in [0.2, 0.25) is 0 Å². The molecule has 1 saturated carbocycles. The van der Waals surface area contributed by atoms with E-state index in [1.807, 2.05) is 0 Å². The van der Waals surface area contributed by atoms with Crippen LogP contribution in [0.4, 0.5) is 0 Å². The Morgan fingerprint density at radius 1 is 1.35 bits per heavy atom. The summed E-state index contributed by atoms with van der Waals surface area (Å²) in [6.07, 6.45) is 6.00. The molecule has 0 radical (unpaired) electrons.